The van der Waals surface area contributed by atoms with E-state index in [0.717, 1.165) is 10.9 Å². The Balaban J connectivity index is 1.85. The highest BCUT2D eigenvalue weighted by Gasteiger charge is 2.18. The van der Waals surface area contributed by atoms with E-state index in [1.54, 1.807) is 6.20 Å². The normalized spacial score (nSPS) is 12.5. The Bertz CT molecular complexity index is 748. The summed E-state index contributed by atoms with van der Waals surface area (Å²) in [4.78, 5) is 28.2. The van der Waals surface area contributed by atoms with E-state index in [1.165, 1.54) is 0 Å². The minimum absolute atomic E-state index is 0.115. The second-order valence-electron chi connectivity index (χ2n) is 7.01. The number of amides is 2. The zero-order chi connectivity index (χ0) is 18.4. The molecule has 1 unspecified atom stereocenters. The van der Waals surface area contributed by atoms with E-state index in [-0.39, 0.29) is 11.9 Å². The van der Waals surface area contributed by atoms with Gasteiger partial charge < -0.3 is 15.4 Å². The highest BCUT2D eigenvalue weighted by Crippen LogP contribution is 2.20. The number of para-hydroxylation sites is 1. The third-order valence-corrected chi connectivity index (χ3v) is 3.47. The maximum absolute atomic E-state index is 12.2. The first-order valence-corrected chi connectivity index (χ1v) is 8.38. The van der Waals surface area contributed by atoms with Crippen LogP contribution in [-0.4, -0.2) is 28.6 Å². The van der Waals surface area contributed by atoms with Crippen LogP contribution in [0.25, 0.3) is 10.9 Å². The first-order valence-electron chi connectivity index (χ1n) is 8.38. The molecule has 0 saturated carbocycles. The number of benzene rings is 1. The quantitative estimate of drug-likeness (QED) is 0.864. The Morgan fingerprint density at radius 2 is 1.92 bits per heavy atom. The molecule has 2 amide bonds. The van der Waals surface area contributed by atoms with E-state index in [9.17, 15) is 9.59 Å². The maximum atomic E-state index is 12.2. The lowest BCUT2D eigenvalue weighted by atomic mass is 10.1. The number of ether oxygens (including phenoxy) is 1. The van der Waals surface area contributed by atoms with Crippen molar-refractivity contribution in [3.8, 4) is 0 Å². The van der Waals surface area contributed by atoms with E-state index in [4.69, 9.17) is 4.74 Å². The molecule has 1 aromatic heterocycles. The number of nitrogens with zero attached hydrogens (tertiary/aromatic N) is 1. The molecule has 134 valence electrons. The molecule has 6 nitrogen and oxygen atoms in total. The summed E-state index contributed by atoms with van der Waals surface area (Å²) in [5, 5.41) is 6.59. The number of anilines is 1. The largest absolute Gasteiger partial charge is 0.444 e. The topological polar surface area (TPSA) is 80.3 Å². The number of carbonyl (C=O) groups is 2. The molecule has 25 heavy (non-hydrogen) atoms. The molecule has 0 aliphatic carbocycles. The molecular weight excluding hydrogens is 318 g/mol. The van der Waals surface area contributed by atoms with Crippen LogP contribution in [0.3, 0.4) is 0 Å². The number of aromatic nitrogens is 1. The lowest BCUT2D eigenvalue weighted by molar-refractivity contribution is -0.116. The first kappa shape index (κ1) is 18.7. The van der Waals surface area contributed by atoms with Crippen molar-refractivity contribution in [2.24, 2.45) is 0 Å². The van der Waals surface area contributed by atoms with E-state index in [1.807, 2.05) is 58.0 Å². The molecule has 0 bridgehead atoms. The standard InChI is InChI=1S/C19H25N3O3/c1-13(21-18(24)25-19(2,3)4)10-11-16(23)22-15-9-5-7-14-8-6-12-20-17(14)15/h5-9,12-13H,10-11H2,1-4H3,(H,21,24)(H,22,23). The van der Waals surface area contributed by atoms with Crippen molar-refractivity contribution in [3.05, 3.63) is 36.5 Å². The third-order valence-electron chi connectivity index (χ3n) is 3.47. The fourth-order valence-electron chi connectivity index (χ4n) is 2.35. The van der Waals surface area contributed by atoms with Crippen LogP contribution in [-0.2, 0) is 9.53 Å². The smallest absolute Gasteiger partial charge is 0.407 e. The average molecular weight is 343 g/mol. The van der Waals surface area contributed by atoms with Crippen LogP contribution < -0.4 is 10.6 Å². The lowest BCUT2D eigenvalue weighted by Gasteiger charge is -2.21. The Kier molecular flexibility index (Phi) is 5.96. The zero-order valence-electron chi connectivity index (χ0n) is 15.1. The van der Waals surface area contributed by atoms with Crippen molar-refractivity contribution in [2.45, 2.75) is 52.2 Å². The summed E-state index contributed by atoms with van der Waals surface area (Å²) < 4.78 is 5.20. The predicted molar refractivity (Wildman–Crippen MR) is 98.4 cm³/mol. The zero-order valence-corrected chi connectivity index (χ0v) is 15.1. The Hall–Kier alpha value is -2.63. The monoisotopic (exact) mass is 343 g/mol. The van der Waals surface area contributed by atoms with Crippen molar-refractivity contribution >= 4 is 28.6 Å². The molecule has 0 aliphatic rings. The Labute approximate surface area is 148 Å². The van der Waals surface area contributed by atoms with Crippen molar-refractivity contribution in [1.29, 1.82) is 0 Å². The van der Waals surface area contributed by atoms with Gasteiger partial charge in [-0.1, -0.05) is 18.2 Å². The van der Waals surface area contributed by atoms with Gasteiger partial charge in [-0.3, -0.25) is 9.78 Å². The van der Waals surface area contributed by atoms with Crippen LogP contribution in [0.4, 0.5) is 10.5 Å². The molecule has 0 saturated heterocycles. The number of carbonyl (C=O) groups excluding carboxylic acids is 2. The second-order valence-corrected chi connectivity index (χ2v) is 7.01. The predicted octanol–water partition coefficient (Wildman–Crippen LogP) is 3.87. The molecule has 6 heteroatoms. The van der Waals surface area contributed by atoms with Gasteiger partial charge in [-0.2, -0.15) is 0 Å². The van der Waals surface area contributed by atoms with Crippen LogP contribution >= 0.6 is 0 Å². The fourth-order valence-corrected chi connectivity index (χ4v) is 2.35. The van der Waals surface area contributed by atoms with Gasteiger partial charge in [0, 0.05) is 24.0 Å². The number of pyridine rings is 1. The molecule has 0 fully saturated rings. The van der Waals surface area contributed by atoms with Gasteiger partial charge >= 0.3 is 6.09 Å². The summed E-state index contributed by atoms with van der Waals surface area (Å²) in [6.07, 6.45) is 2.03. The van der Waals surface area contributed by atoms with Crippen LogP contribution in [0.1, 0.15) is 40.5 Å². The van der Waals surface area contributed by atoms with Gasteiger partial charge in [0.1, 0.15) is 5.60 Å². The molecule has 1 heterocycles. The lowest BCUT2D eigenvalue weighted by Crippen LogP contribution is -2.38. The van der Waals surface area contributed by atoms with Gasteiger partial charge in [0.15, 0.2) is 0 Å². The number of fused-ring (bicyclic) bond motifs is 1. The first-order chi connectivity index (χ1) is 11.7. The Morgan fingerprint density at radius 1 is 1.20 bits per heavy atom. The summed E-state index contributed by atoms with van der Waals surface area (Å²) in [5.74, 6) is -0.115. The number of nitrogens with one attached hydrogen (secondary N) is 2. The average Bonchev–Trinajstić information content (AvgIpc) is 2.51. The molecule has 1 atom stereocenters. The molecule has 0 aliphatic heterocycles. The van der Waals surface area contributed by atoms with Gasteiger partial charge in [0.25, 0.3) is 0 Å². The van der Waals surface area contributed by atoms with Gasteiger partial charge in [0.2, 0.25) is 5.91 Å². The second kappa shape index (κ2) is 7.96. The molecule has 2 N–H and O–H groups in total. The van der Waals surface area contributed by atoms with Crippen LogP contribution in [0.5, 0.6) is 0 Å². The van der Waals surface area contributed by atoms with Crippen LogP contribution in [0, 0.1) is 0 Å². The maximum Gasteiger partial charge on any atom is 0.407 e. The highest BCUT2D eigenvalue weighted by molar-refractivity contribution is 6.00. The van der Waals surface area contributed by atoms with Crippen molar-refractivity contribution in [1.82, 2.24) is 10.3 Å². The van der Waals surface area contributed by atoms with E-state index in [0.29, 0.717) is 18.5 Å². The Morgan fingerprint density at radius 3 is 2.64 bits per heavy atom. The number of rotatable bonds is 5. The van der Waals surface area contributed by atoms with Gasteiger partial charge in [-0.15, -0.1) is 0 Å². The van der Waals surface area contributed by atoms with E-state index < -0.39 is 11.7 Å². The third kappa shape index (κ3) is 6.06. The summed E-state index contributed by atoms with van der Waals surface area (Å²) in [7, 11) is 0. The van der Waals surface area contributed by atoms with Gasteiger partial charge in [0.05, 0.1) is 11.2 Å². The molecular formula is C19H25N3O3. The molecule has 0 spiro atoms. The molecule has 1 aromatic carbocycles. The van der Waals surface area contributed by atoms with Crippen molar-refractivity contribution in [2.75, 3.05) is 5.32 Å². The molecule has 2 rings (SSSR count). The minimum atomic E-state index is -0.539. The fraction of sp³-hybridized carbons (Fsp3) is 0.421. The van der Waals surface area contributed by atoms with E-state index in [2.05, 4.69) is 15.6 Å². The molecule has 2 aromatic rings. The van der Waals surface area contributed by atoms with Crippen molar-refractivity contribution < 1.29 is 14.3 Å². The SMILES string of the molecule is CC(CCC(=O)Nc1cccc2cccnc12)NC(=O)OC(C)(C)C. The highest BCUT2D eigenvalue weighted by atomic mass is 16.6. The number of hydrogen-bond donors (Lipinski definition) is 2. The van der Waals surface area contributed by atoms with E-state index >= 15 is 0 Å². The van der Waals surface area contributed by atoms with Crippen molar-refractivity contribution in [3.63, 3.8) is 0 Å². The van der Waals surface area contributed by atoms with Crippen LogP contribution in [0.2, 0.25) is 0 Å². The summed E-state index contributed by atoms with van der Waals surface area (Å²) in [6.45, 7) is 7.27. The summed E-state index contributed by atoms with van der Waals surface area (Å²) in [5.41, 5.74) is 0.914. The van der Waals surface area contributed by atoms with Gasteiger partial charge in [-0.05, 0) is 46.2 Å². The van der Waals surface area contributed by atoms with Crippen LogP contribution in [0.15, 0.2) is 36.5 Å². The number of alkyl carbamates (subject to hydrolysis) is 1. The number of hydrogen-bond acceptors (Lipinski definition) is 4. The minimum Gasteiger partial charge on any atom is -0.444 e. The summed E-state index contributed by atoms with van der Waals surface area (Å²) >= 11 is 0. The summed E-state index contributed by atoms with van der Waals surface area (Å²) in [6, 6.07) is 9.31. The van der Waals surface area contributed by atoms with Gasteiger partial charge in [-0.25, -0.2) is 4.79 Å². The molecule has 0 radical (unpaired) electrons.